The second-order valence-electron chi connectivity index (χ2n) is 9.11. The molecule has 0 aromatic heterocycles. The molecule has 2 aliphatic heterocycles. The molecule has 2 aliphatic rings. The molecule has 2 amide bonds. The molecule has 176 valence electrons. The summed E-state index contributed by atoms with van der Waals surface area (Å²) < 4.78 is 38.9. The molecular weight excluding hydrogens is 446 g/mol. The first-order valence-electron chi connectivity index (χ1n) is 10.7. The number of fused-ring (bicyclic) bond motifs is 1. The van der Waals surface area contributed by atoms with Crippen molar-refractivity contribution in [1.29, 1.82) is 0 Å². The van der Waals surface area contributed by atoms with Crippen LogP contribution in [0.3, 0.4) is 0 Å². The predicted octanol–water partition coefficient (Wildman–Crippen LogP) is 2.53. The maximum atomic E-state index is 12.9. The quantitative estimate of drug-likeness (QED) is 0.690. The van der Waals surface area contributed by atoms with Crippen molar-refractivity contribution in [2.75, 3.05) is 30.0 Å². The molecule has 2 aromatic carbocycles. The molecular formula is C23H27N3O6S. The van der Waals surface area contributed by atoms with Crippen molar-refractivity contribution in [3.05, 3.63) is 42.5 Å². The number of hydrogen-bond acceptors (Lipinski definition) is 6. The minimum Gasteiger partial charge on any atom is -0.486 e. The van der Waals surface area contributed by atoms with Crippen LogP contribution in [0, 0.1) is 5.92 Å². The maximum absolute atomic E-state index is 12.9. The fraction of sp³-hybridized carbons (Fsp3) is 0.391. The lowest BCUT2D eigenvalue weighted by Gasteiger charge is -2.22. The van der Waals surface area contributed by atoms with Gasteiger partial charge in [-0.2, -0.15) is 0 Å². The normalized spacial score (nSPS) is 18.3. The first-order valence-corrected chi connectivity index (χ1v) is 12.2. The van der Waals surface area contributed by atoms with Gasteiger partial charge in [0, 0.05) is 35.9 Å². The summed E-state index contributed by atoms with van der Waals surface area (Å²) in [6.45, 7) is 6.39. The maximum Gasteiger partial charge on any atom is 0.241 e. The molecule has 1 unspecified atom stereocenters. The van der Waals surface area contributed by atoms with Gasteiger partial charge in [-0.3, -0.25) is 9.59 Å². The molecule has 0 radical (unpaired) electrons. The summed E-state index contributed by atoms with van der Waals surface area (Å²) in [5.74, 6) is 0.112. The molecule has 1 atom stereocenters. The van der Waals surface area contributed by atoms with E-state index in [0.29, 0.717) is 36.1 Å². The van der Waals surface area contributed by atoms with Gasteiger partial charge in [-0.05, 0) is 51.1 Å². The van der Waals surface area contributed by atoms with E-state index >= 15 is 0 Å². The highest BCUT2D eigenvalue weighted by Gasteiger charge is 2.36. The van der Waals surface area contributed by atoms with Crippen LogP contribution in [-0.2, 0) is 19.6 Å². The second kappa shape index (κ2) is 8.68. The minimum absolute atomic E-state index is 0.0515. The van der Waals surface area contributed by atoms with Crippen LogP contribution in [0.5, 0.6) is 11.5 Å². The van der Waals surface area contributed by atoms with Gasteiger partial charge in [-0.15, -0.1) is 0 Å². The van der Waals surface area contributed by atoms with E-state index in [-0.39, 0.29) is 29.7 Å². The largest absolute Gasteiger partial charge is 0.486 e. The number of amides is 2. The lowest BCUT2D eigenvalue weighted by molar-refractivity contribution is -0.122. The van der Waals surface area contributed by atoms with Gasteiger partial charge in [-0.25, -0.2) is 13.1 Å². The van der Waals surface area contributed by atoms with Gasteiger partial charge < -0.3 is 19.7 Å². The molecule has 9 nitrogen and oxygen atoms in total. The fourth-order valence-corrected chi connectivity index (χ4v) is 5.24. The van der Waals surface area contributed by atoms with Crippen molar-refractivity contribution in [1.82, 2.24) is 4.72 Å². The third-order valence-corrected chi connectivity index (χ3v) is 6.94. The van der Waals surface area contributed by atoms with Crippen molar-refractivity contribution in [2.24, 2.45) is 5.92 Å². The third kappa shape index (κ3) is 5.28. The lowest BCUT2D eigenvalue weighted by atomic mass is 10.1. The van der Waals surface area contributed by atoms with E-state index in [1.807, 2.05) is 0 Å². The van der Waals surface area contributed by atoms with E-state index in [1.54, 1.807) is 56.0 Å². The second-order valence-corrected chi connectivity index (χ2v) is 10.8. The molecule has 2 N–H and O–H groups in total. The summed E-state index contributed by atoms with van der Waals surface area (Å²) >= 11 is 0. The Hall–Kier alpha value is -3.11. The van der Waals surface area contributed by atoms with E-state index in [4.69, 9.17) is 9.47 Å². The van der Waals surface area contributed by atoms with Gasteiger partial charge in [0.25, 0.3) is 0 Å². The Morgan fingerprint density at radius 3 is 2.52 bits per heavy atom. The highest BCUT2D eigenvalue weighted by molar-refractivity contribution is 7.89. The zero-order valence-corrected chi connectivity index (χ0v) is 19.6. The highest BCUT2D eigenvalue weighted by Crippen LogP contribution is 2.36. The van der Waals surface area contributed by atoms with E-state index in [9.17, 15) is 18.0 Å². The highest BCUT2D eigenvalue weighted by atomic mass is 32.2. The molecule has 0 spiro atoms. The number of carbonyl (C=O) groups excluding carboxylic acids is 2. The van der Waals surface area contributed by atoms with Crippen LogP contribution in [0.1, 0.15) is 27.2 Å². The molecule has 0 bridgehead atoms. The molecule has 0 aliphatic carbocycles. The van der Waals surface area contributed by atoms with Crippen molar-refractivity contribution in [3.63, 3.8) is 0 Å². The van der Waals surface area contributed by atoms with E-state index < -0.39 is 21.5 Å². The van der Waals surface area contributed by atoms with Crippen molar-refractivity contribution >= 4 is 33.2 Å². The third-order valence-electron chi connectivity index (χ3n) is 5.19. The standard InChI is InChI=1S/C23H27N3O6S/c1-23(2,3)25-33(29,30)18-6-4-5-16(12-18)24-22(28)15-11-21(27)26(14-15)17-7-8-19-20(13-17)32-10-9-31-19/h4-8,12-13,15,25H,9-11,14H2,1-3H3,(H,24,28). The molecule has 0 saturated carbocycles. The van der Waals surface area contributed by atoms with Gasteiger partial charge in [0.05, 0.1) is 10.8 Å². The Balaban J connectivity index is 1.45. The van der Waals surface area contributed by atoms with Crippen molar-refractivity contribution < 1.29 is 27.5 Å². The molecule has 33 heavy (non-hydrogen) atoms. The Bertz CT molecular complexity index is 1190. The van der Waals surface area contributed by atoms with E-state index in [0.717, 1.165) is 0 Å². The smallest absolute Gasteiger partial charge is 0.241 e. The number of anilines is 2. The summed E-state index contributed by atoms with van der Waals surface area (Å²) in [7, 11) is -3.74. The Morgan fingerprint density at radius 2 is 1.79 bits per heavy atom. The number of sulfonamides is 1. The van der Waals surface area contributed by atoms with Crippen LogP contribution in [0.15, 0.2) is 47.4 Å². The summed E-state index contributed by atoms with van der Waals surface area (Å²) in [6.07, 6.45) is 0.0594. The van der Waals surface area contributed by atoms with Crippen LogP contribution >= 0.6 is 0 Å². The fourth-order valence-electron chi connectivity index (χ4n) is 3.78. The minimum atomic E-state index is -3.74. The topological polar surface area (TPSA) is 114 Å². The van der Waals surface area contributed by atoms with Crippen molar-refractivity contribution in [2.45, 2.75) is 37.6 Å². The van der Waals surface area contributed by atoms with Gasteiger partial charge in [0.1, 0.15) is 13.2 Å². The number of carbonyl (C=O) groups is 2. The monoisotopic (exact) mass is 473 g/mol. The molecule has 10 heteroatoms. The Kier molecular flexibility index (Phi) is 6.06. The van der Waals surface area contributed by atoms with Gasteiger partial charge in [-0.1, -0.05) is 6.07 Å². The predicted molar refractivity (Wildman–Crippen MR) is 123 cm³/mol. The number of rotatable bonds is 5. The Morgan fingerprint density at radius 1 is 1.06 bits per heavy atom. The summed E-state index contributed by atoms with van der Waals surface area (Å²) in [5.41, 5.74) is 0.350. The molecule has 4 rings (SSSR count). The SMILES string of the molecule is CC(C)(C)NS(=O)(=O)c1cccc(NC(=O)C2CC(=O)N(c3ccc4c(c3)OCCO4)C2)c1. The van der Waals surface area contributed by atoms with Crippen LogP contribution < -0.4 is 24.4 Å². The Labute approximate surface area is 193 Å². The number of hydrogen-bond donors (Lipinski definition) is 2. The van der Waals surface area contributed by atoms with E-state index in [2.05, 4.69) is 10.0 Å². The molecule has 1 saturated heterocycles. The lowest BCUT2D eigenvalue weighted by Crippen LogP contribution is -2.40. The zero-order valence-electron chi connectivity index (χ0n) is 18.8. The molecule has 1 fully saturated rings. The summed E-state index contributed by atoms with van der Waals surface area (Å²) in [4.78, 5) is 27.1. The average Bonchev–Trinajstić information content (AvgIpc) is 3.14. The molecule has 2 aromatic rings. The zero-order chi connectivity index (χ0) is 23.8. The van der Waals surface area contributed by atoms with Crippen LogP contribution in [0.2, 0.25) is 0 Å². The number of ether oxygens (including phenoxy) is 2. The van der Waals surface area contributed by atoms with Gasteiger partial charge in [0.2, 0.25) is 21.8 Å². The summed E-state index contributed by atoms with van der Waals surface area (Å²) in [6, 6.07) is 11.3. The molecule has 2 heterocycles. The van der Waals surface area contributed by atoms with Gasteiger partial charge >= 0.3 is 0 Å². The van der Waals surface area contributed by atoms with Crippen molar-refractivity contribution in [3.8, 4) is 11.5 Å². The average molecular weight is 474 g/mol. The number of nitrogens with zero attached hydrogens (tertiary/aromatic N) is 1. The van der Waals surface area contributed by atoms with Crippen LogP contribution in [-0.4, -0.2) is 45.5 Å². The first-order chi connectivity index (χ1) is 15.5. The first kappa shape index (κ1) is 23.1. The van der Waals surface area contributed by atoms with Crippen LogP contribution in [0.25, 0.3) is 0 Å². The van der Waals surface area contributed by atoms with E-state index in [1.165, 1.54) is 12.1 Å². The summed E-state index contributed by atoms with van der Waals surface area (Å²) in [5, 5.41) is 2.75. The number of benzene rings is 2. The number of nitrogens with one attached hydrogen (secondary N) is 2. The van der Waals surface area contributed by atoms with Crippen LogP contribution in [0.4, 0.5) is 11.4 Å². The van der Waals surface area contributed by atoms with Gasteiger partial charge in [0.15, 0.2) is 11.5 Å².